The van der Waals surface area contributed by atoms with Gasteiger partial charge in [0.25, 0.3) is 0 Å². The first-order valence-corrected chi connectivity index (χ1v) is 7.95. The van der Waals surface area contributed by atoms with Crippen LogP contribution in [-0.4, -0.2) is 29.6 Å². The maximum Gasteiger partial charge on any atom is 0.309 e. The van der Waals surface area contributed by atoms with Gasteiger partial charge >= 0.3 is 5.97 Å². The number of rotatable bonds is 8. The number of benzene rings is 1. The highest BCUT2D eigenvalue weighted by Gasteiger charge is 2.26. The third-order valence-corrected chi connectivity index (χ3v) is 3.97. The summed E-state index contributed by atoms with van der Waals surface area (Å²) in [7, 11) is 0. The summed E-state index contributed by atoms with van der Waals surface area (Å²) in [6.45, 7) is 9.89. The Kier molecular flexibility index (Phi) is 6.76. The molecule has 0 aromatic heterocycles. The third kappa shape index (κ3) is 6.40. The Balaban J connectivity index is 2.40. The van der Waals surface area contributed by atoms with E-state index in [4.69, 9.17) is 5.11 Å². The molecule has 0 aliphatic carbocycles. The number of nitrogens with one attached hydrogen (secondary N) is 2. The minimum absolute atomic E-state index is 0.00894. The van der Waals surface area contributed by atoms with Gasteiger partial charge in [0.1, 0.15) is 0 Å². The van der Waals surface area contributed by atoms with Crippen LogP contribution in [0.1, 0.15) is 44.7 Å². The summed E-state index contributed by atoms with van der Waals surface area (Å²) in [6.07, 6.45) is 0.867. The van der Waals surface area contributed by atoms with Crippen LogP contribution in [0, 0.1) is 19.3 Å². The third-order valence-electron chi connectivity index (χ3n) is 3.97. The number of carboxylic acids is 1. The lowest BCUT2D eigenvalue weighted by molar-refractivity contribution is -0.147. The molecular formula is C18H28N2O3. The highest BCUT2D eigenvalue weighted by atomic mass is 16.4. The molecule has 0 saturated heterocycles. The molecule has 0 radical (unpaired) electrons. The van der Waals surface area contributed by atoms with Crippen molar-refractivity contribution in [3.8, 4) is 0 Å². The fourth-order valence-corrected chi connectivity index (χ4v) is 2.24. The molecule has 0 aliphatic heterocycles. The molecule has 0 heterocycles. The summed E-state index contributed by atoms with van der Waals surface area (Å²) in [4.78, 5) is 23.1. The lowest BCUT2D eigenvalue weighted by Crippen LogP contribution is -2.35. The topological polar surface area (TPSA) is 78.4 Å². The Bertz CT molecular complexity index is 567. The van der Waals surface area contributed by atoms with E-state index in [2.05, 4.69) is 10.6 Å². The normalized spacial score (nSPS) is 12.7. The fraction of sp³-hybridized carbons (Fsp3) is 0.556. The molecule has 1 atom stereocenters. The summed E-state index contributed by atoms with van der Waals surface area (Å²) < 4.78 is 0. The van der Waals surface area contributed by atoms with Gasteiger partial charge in [0.2, 0.25) is 5.91 Å². The summed E-state index contributed by atoms with van der Waals surface area (Å²) in [6, 6.07) is 5.91. The number of aliphatic carboxylic acids is 1. The van der Waals surface area contributed by atoms with E-state index >= 15 is 0 Å². The number of carbonyl (C=O) groups excluding carboxylic acids is 1. The molecular weight excluding hydrogens is 292 g/mol. The standard InChI is InChI=1S/C18H28N2O3/c1-12-6-7-15(13(2)10-12)20-16(21)11-14(3)19-9-8-18(4,5)17(22)23/h6-7,10,14,19H,8-9,11H2,1-5H3,(H,20,21)(H,22,23). The monoisotopic (exact) mass is 320 g/mol. The van der Waals surface area contributed by atoms with Crippen molar-refractivity contribution in [1.29, 1.82) is 0 Å². The van der Waals surface area contributed by atoms with Crippen molar-refractivity contribution < 1.29 is 14.7 Å². The molecule has 1 aromatic rings. The summed E-state index contributed by atoms with van der Waals surface area (Å²) in [5.41, 5.74) is 2.28. The molecule has 0 aliphatic rings. The first-order valence-electron chi connectivity index (χ1n) is 7.95. The van der Waals surface area contributed by atoms with Gasteiger partial charge in [-0.1, -0.05) is 17.7 Å². The average Bonchev–Trinajstić information content (AvgIpc) is 2.41. The average molecular weight is 320 g/mol. The molecule has 5 nitrogen and oxygen atoms in total. The van der Waals surface area contributed by atoms with Crippen LogP contribution < -0.4 is 10.6 Å². The second-order valence-electron chi connectivity index (χ2n) is 6.86. The first-order chi connectivity index (χ1) is 10.6. The molecule has 0 bridgehead atoms. The van der Waals surface area contributed by atoms with Crippen LogP contribution in [0.5, 0.6) is 0 Å². The lowest BCUT2D eigenvalue weighted by Gasteiger charge is -2.21. The van der Waals surface area contributed by atoms with E-state index in [0.717, 1.165) is 16.8 Å². The van der Waals surface area contributed by atoms with Crippen molar-refractivity contribution >= 4 is 17.6 Å². The maximum absolute atomic E-state index is 12.1. The van der Waals surface area contributed by atoms with Gasteiger partial charge in [0.05, 0.1) is 5.41 Å². The van der Waals surface area contributed by atoms with Crippen LogP contribution >= 0.6 is 0 Å². The van der Waals surface area contributed by atoms with E-state index in [9.17, 15) is 9.59 Å². The minimum atomic E-state index is -0.806. The van der Waals surface area contributed by atoms with Crippen molar-refractivity contribution in [2.45, 2.75) is 53.5 Å². The predicted molar refractivity (Wildman–Crippen MR) is 92.7 cm³/mol. The minimum Gasteiger partial charge on any atom is -0.481 e. The quantitative estimate of drug-likeness (QED) is 0.688. The van der Waals surface area contributed by atoms with Gasteiger partial charge < -0.3 is 15.7 Å². The van der Waals surface area contributed by atoms with Gasteiger partial charge in [-0.3, -0.25) is 9.59 Å². The van der Waals surface area contributed by atoms with E-state index in [-0.39, 0.29) is 11.9 Å². The molecule has 1 aromatic carbocycles. The Labute approximate surface area is 138 Å². The highest BCUT2D eigenvalue weighted by molar-refractivity contribution is 5.91. The van der Waals surface area contributed by atoms with Crippen LogP contribution in [0.2, 0.25) is 0 Å². The molecule has 128 valence electrons. The predicted octanol–water partition coefficient (Wildman–Crippen LogP) is 3.11. The van der Waals surface area contributed by atoms with Gasteiger partial charge in [0.15, 0.2) is 0 Å². The van der Waals surface area contributed by atoms with Gasteiger partial charge in [-0.15, -0.1) is 0 Å². The SMILES string of the molecule is Cc1ccc(NC(=O)CC(C)NCCC(C)(C)C(=O)O)c(C)c1. The molecule has 3 N–H and O–H groups in total. The van der Waals surface area contributed by atoms with Crippen molar-refractivity contribution in [2.24, 2.45) is 5.41 Å². The second kappa shape index (κ2) is 8.11. The molecule has 5 heteroatoms. The zero-order valence-corrected chi connectivity index (χ0v) is 14.7. The Morgan fingerprint density at radius 3 is 2.48 bits per heavy atom. The van der Waals surface area contributed by atoms with E-state index in [1.54, 1.807) is 13.8 Å². The Morgan fingerprint density at radius 2 is 1.91 bits per heavy atom. The van der Waals surface area contributed by atoms with E-state index in [1.807, 2.05) is 39.0 Å². The van der Waals surface area contributed by atoms with Crippen LogP contribution in [-0.2, 0) is 9.59 Å². The summed E-state index contributed by atoms with van der Waals surface area (Å²) in [5, 5.41) is 15.2. The van der Waals surface area contributed by atoms with Crippen molar-refractivity contribution in [1.82, 2.24) is 5.32 Å². The van der Waals surface area contributed by atoms with Gasteiger partial charge in [-0.05, 0) is 59.2 Å². The first kappa shape index (κ1) is 19.2. The van der Waals surface area contributed by atoms with Crippen molar-refractivity contribution in [3.05, 3.63) is 29.3 Å². The molecule has 1 amide bonds. The summed E-state index contributed by atoms with van der Waals surface area (Å²) >= 11 is 0. The molecule has 1 rings (SSSR count). The molecule has 0 saturated carbocycles. The zero-order valence-electron chi connectivity index (χ0n) is 14.7. The molecule has 0 fully saturated rings. The van der Waals surface area contributed by atoms with E-state index in [0.29, 0.717) is 19.4 Å². The Hall–Kier alpha value is -1.88. The number of hydrogen-bond acceptors (Lipinski definition) is 3. The van der Waals surface area contributed by atoms with Crippen LogP contribution in [0.25, 0.3) is 0 Å². The van der Waals surface area contributed by atoms with Crippen LogP contribution in [0.3, 0.4) is 0 Å². The Morgan fingerprint density at radius 1 is 1.26 bits per heavy atom. The van der Waals surface area contributed by atoms with Crippen LogP contribution in [0.15, 0.2) is 18.2 Å². The number of carboxylic acid groups (broad SMARTS) is 1. The lowest BCUT2D eigenvalue weighted by atomic mass is 9.89. The number of hydrogen-bond donors (Lipinski definition) is 3. The van der Waals surface area contributed by atoms with Gasteiger partial charge in [-0.2, -0.15) is 0 Å². The second-order valence-corrected chi connectivity index (χ2v) is 6.86. The number of aryl methyl sites for hydroxylation is 2. The molecule has 23 heavy (non-hydrogen) atoms. The number of anilines is 1. The van der Waals surface area contributed by atoms with Gasteiger partial charge in [0, 0.05) is 18.2 Å². The molecule has 1 unspecified atom stereocenters. The fourth-order valence-electron chi connectivity index (χ4n) is 2.24. The number of amides is 1. The largest absolute Gasteiger partial charge is 0.481 e. The highest BCUT2D eigenvalue weighted by Crippen LogP contribution is 2.19. The van der Waals surface area contributed by atoms with Gasteiger partial charge in [-0.25, -0.2) is 0 Å². The van der Waals surface area contributed by atoms with Crippen LogP contribution in [0.4, 0.5) is 5.69 Å². The zero-order chi connectivity index (χ0) is 17.6. The smallest absolute Gasteiger partial charge is 0.309 e. The number of carbonyl (C=O) groups is 2. The van der Waals surface area contributed by atoms with Crippen molar-refractivity contribution in [2.75, 3.05) is 11.9 Å². The molecule has 0 spiro atoms. The summed E-state index contributed by atoms with van der Waals surface area (Å²) in [5.74, 6) is -0.853. The maximum atomic E-state index is 12.1. The van der Waals surface area contributed by atoms with E-state index < -0.39 is 11.4 Å². The van der Waals surface area contributed by atoms with E-state index in [1.165, 1.54) is 0 Å². The van der Waals surface area contributed by atoms with Crippen molar-refractivity contribution in [3.63, 3.8) is 0 Å².